The second-order valence-electron chi connectivity index (χ2n) is 3.48. The van der Waals surface area contributed by atoms with E-state index in [4.69, 9.17) is 4.74 Å². The van der Waals surface area contributed by atoms with Crippen molar-refractivity contribution in [3.05, 3.63) is 35.6 Å². The molecule has 0 aliphatic carbocycles. The van der Waals surface area contributed by atoms with E-state index in [0.29, 0.717) is 6.54 Å². The Hall–Kier alpha value is -1.58. The van der Waals surface area contributed by atoms with Crippen molar-refractivity contribution in [2.75, 3.05) is 6.54 Å². The van der Waals surface area contributed by atoms with Gasteiger partial charge >= 0.3 is 6.09 Å². The summed E-state index contributed by atoms with van der Waals surface area (Å²) in [6, 6.07) is 5.95. The van der Waals surface area contributed by atoms with Crippen molar-refractivity contribution in [3.8, 4) is 0 Å². The zero-order valence-electron chi connectivity index (χ0n) is 7.71. The molecule has 1 saturated heterocycles. The lowest BCUT2D eigenvalue weighted by Crippen LogP contribution is -2.26. The molecule has 1 aliphatic rings. The van der Waals surface area contributed by atoms with Crippen LogP contribution in [0.5, 0.6) is 0 Å². The van der Waals surface area contributed by atoms with Gasteiger partial charge in [-0.15, -0.1) is 0 Å². The fraction of sp³-hybridized carbons (Fsp3) is 0.300. The molecule has 3 nitrogen and oxygen atoms in total. The standard InChI is InChI=1S/C10H10FNO2/c1-10(6-12-9(13)14-10)7-2-4-8(11)5-3-7/h2-5H,6H2,1H3,(H,12,13)/t10-/m0/s1. The highest BCUT2D eigenvalue weighted by Gasteiger charge is 2.37. The Bertz CT molecular complexity index is 363. The van der Waals surface area contributed by atoms with E-state index in [1.54, 1.807) is 19.1 Å². The molecule has 0 saturated carbocycles. The third-order valence-corrected chi connectivity index (χ3v) is 2.34. The molecule has 0 spiro atoms. The van der Waals surface area contributed by atoms with Crippen LogP contribution in [0.4, 0.5) is 9.18 Å². The quantitative estimate of drug-likeness (QED) is 0.741. The zero-order chi connectivity index (χ0) is 10.2. The first-order chi connectivity index (χ1) is 6.60. The minimum atomic E-state index is -0.676. The largest absolute Gasteiger partial charge is 0.436 e. The Kier molecular flexibility index (Phi) is 1.91. The Morgan fingerprint density at radius 2 is 2.07 bits per heavy atom. The summed E-state index contributed by atoms with van der Waals surface area (Å²) >= 11 is 0. The molecule has 1 aliphatic heterocycles. The summed E-state index contributed by atoms with van der Waals surface area (Å²) in [4.78, 5) is 10.9. The van der Waals surface area contributed by atoms with Gasteiger partial charge in [-0.3, -0.25) is 0 Å². The van der Waals surface area contributed by atoms with Gasteiger partial charge in [-0.1, -0.05) is 12.1 Å². The van der Waals surface area contributed by atoms with E-state index in [9.17, 15) is 9.18 Å². The van der Waals surface area contributed by atoms with Crippen LogP contribution in [0.25, 0.3) is 0 Å². The third kappa shape index (κ3) is 1.43. The summed E-state index contributed by atoms with van der Waals surface area (Å²) in [7, 11) is 0. The number of amides is 1. The van der Waals surface area contributed by atoms with Gasteiger partial charge in [0.25, 0.3) is 0 Å². The number of rotatable bonds is 1. The number of ether oxygens (including phenoxy) is 1. The highest BCUT2D eigenvalue weighted by molar-refractivity contribution is 5.70. The number of hydrogen-bond donors (Lipinski definition) is 1. The highest BCUT2D eigenvalue weighted by atomic mass is 19.1. The van der Waals surface area contributed by atoms with Gasteiger partial charge in [0.05, 0.1) is 6.54 Å². The van der Waals surface area contributed by atoms with Crippen molar-refractivity contribution in [3.63, 3.8) is 0 Å². The molecule has 1 aromatic rings. The molecule has 74 valence electrons. The topological polar surface area (TPSA) is 38.3 Å². The van der Waals surface area contributed by atoms with Crippen molar-refractivity contribution < 1.29 is 13.9 Å². The second-order valence-corrected chi connectivity index (χ2v) is 3.48. The van der Waals surface area contributed by atoms with E-state index >= 15 is 0 Å². The molecule has 1 atom stereocenters. The Balaban J connectivity index is 2.30. The van der Waals surface area contributed by atoms with E-state index in [-0.39, 0.29) is 5.82 Å². The molecule has 0 unspecified atom stereocenters. The molecular weight excluding hydrogens is 185 g/mol. The summed E-state index contributed by atoms with van der Waals surface area (Å²) in [5, 5.41) is 2.57. The summed E-state index contributed by atoms with van der Waals surface area (Å²) in [6.07, 6.45) is -0.433. The van der Waals surface area contributed by atoms with Crippen LogP contribution in [0.2, 0.25) is 0 Å². The van der Waals surface area contributed by atoms with Crippen LogP contribution < -0.4 is 5.32 Å². The second kappa shape index (κ2) is 2.97. The monoisotopic (exact) mass is 195 g/mol. The average Bonchev–Trinajstić information content (AvgIpc) is 2.48. The molecule has 1 fully saturated rings. The minimum absolute atomic E-state index is 0.297. The molecule has 1 heterocycles. The molecular formula is C10H10FNO2. The van der Waals surface area contributed by atoms with Gasteiger partial charge in [0.1, 0.15) is 5.82 Å². The normalized spacial score (nSPS) is 25.7. The number of halogens is 1. The van der Waals surface area contributed by atoms with Crippen LogP contribution >= 0.6 is 0 Å². The number of carbonyl (C=O) groups is 1. The van der Waals surface area contributed by atoms with Gasteiger partial charge < -0.3 is 10.1 Å². The van der Waals surface area contributed by atoms with Crippen molar-refractivity contribution >= 4 is 6.09 Å². The molecule has 1 N–H and O–H groups in total. The van der Waals surface area contributed by atoms with Crippen LogP contribution in [0.1, 0.15) is 12.5 Å². The first-order valence-electron chi connectivity index (χ1n) is 4.33. The zero-order valence-corrected chi connectivity index (χ0v) is 7.71. The molecule has 1 amide bonds. The number of benzene rings is 1. The van der Waals surface area contributed by atoms with E-state index in [1.807, 2.05) is 0 Å². The van der Waals surface area contributed by atoms with Crippen molar-refractivity contribution in [1.82, 2.24) is 5.32 Å². The lowest BCUT2D eigenvalue weighted by Gasteiger charge is -2.21. The number of nitrogens with one attached hydrogen (secondary N) is 1. The van der Waals surface area contributed by atoms with E-state index < -0.39 is 11.7 Å². The predicted octanol–water partition coefficient (Wildman–Crippen LogP) is 1.78. The smallest absolute Gasteiger partial charge is 0.408 e. The first kappa shape index (κ1) is 8.99. The highest BCUT2D eigenvalue weighted by Crippen LogP contribution is 2.28. The maximum atomic E-state index is 12.7. The summed E-state index contributed by atoms with van der Waals surface area (Å²) in [6.45, 7) is 2.20. The molecule has 1 aromatic carbocycles. The van der Waals surface area contributed by atoms with Crippen LogP contribution in [0, 0.1) is 5.82 Å². The number of cyclic esters (lactones) is 1. The summed E-state index contributed by atoms with van der Waals surface area (Å²) in [5.41, 5.74) is 0.113. The van der Waals surface area contributed by atoms with Crippen molar-refractivity contribution in [2.24, 2.45) is 0 Å². The lowest BCUT2D eigenvalue weighted by atomic mass is 9.96. The van der Waals surface area contributed by atoms with Crippen molar-refractivity contribution in [2.45, 2.75) is 12.5 Å². The number of carbonyl (C=O) groups excluding carboxylic acids is 1. The van der Waals surface area contributed by atoms with E-state index in [0.717, 1.165) is 5.56 Å². The van der Waals surface area contributed by atoms with Crippen LogP contribution in [-0.2, 0) is 10.3 Å². The third-order valence-electron chi connectivity index (χ3n) is 2.34. The lowest BCUT2D eigenvalue weighted by molar-refractivity contribution is 0.0704. The molecule has 2 rings (SSSR count). The van der Waals surface area contributed by atoms with E-state index in [1.165, 1.54) is 12.1 Å². The maximum Gasteiger partial charge on any atom is 0.408 e. The maximum absolute atomic E-state index is 12.7. The first-order valence-corrected chi connectivity index (χ1v) is 4.33. The molecule has 0 radical (unpaired) electrons. The van der Waals surface area contributed by atoms with Crippen LogP contribution in [0.15, 0.2) is 24.3 Å². The van der Waals surface area contributed by atoms with E-state index in [2.05, 4.69) is 5.32 Å². The van der Waals surface area contributed by atoms with Gasteiger partial charge in [-0.05, 0) is 24.6 Å². The average molecular weight is 195 g/mol. The Morgan fingerprint density at radius 1 is 1.43 bits per heavy atom. The Morgan fingerprint density at radius 3 is 2.57 bits per heavy atom. The van der Waals surface area contributed by atoms with Gasteiger partial charge in [0.2, 0.25) is 0 Å². The minimum Gasteiger partial charge on any atom is -0.436 e. The fourth-order valence-electron chi connectivity index (χ4n) is 1.48. The van der Waals surface area contributed by atoms with Gasteiger partial charge in [0, 0.05) is 0 Å². The number of alkyl carbamates (subject to hydrolysis) is 1. The predicted molar refractivity (Wildman–Crippen MR) is 48.2 cm³/mol. The molecule has 14 heavy (non-hydrogen) atoms. The van der Waals surface area contributed by atoms with Crippen LogP contribution in [0.3, 0.4) is 0 Å². The SMILES string of the molecule is C[C@@]1(c2ccc(F)cc2)CNC(=O)O1. The summed E-state index contributed by atoms with van der Waals surface area (Å²) in [5.74, 6) is -0.297. The van der Waals surface area contributed by atoms with Crippen molar-refractivity contribution in [1.29, 1.82) is 0 Å². The van der Waals surface area contributed by atoms with Gasteiger partial charge in [-0.25, -0.2) is 9.18 Å². The number of hydrogen-bond acceptors (Lipinski definition) is 2. The van der Waals surface area contributed by atoms with Crippen LogP contribution in [-0.4, -0.2) is 12.6 Å². The van der Waals surface area contributed by atoms with Gasteiger partial charge in [0.15, 0.2) is 5.60 Å². The fourth-order valence-corrected chi connectivity index (χ4v) is 1.48. The Labute approximate surface area is 80.9 Å². The summed E-state index contributed by atoms with van der Waals surface area (Å²) < 4.78 is 17.8. The molecule has 4 heteroatoms. The van der Waals surface area contributed by atoms with Gasteiger partial charge in [-0.2, -0.15) is 0 Å². The molecule has 0 bridgehead atoms. The molecule has 0 aromatic heterocycles.